The van der Waals surface area contributed by atoms with Crippen LogP contribution in [0.5, 0.6) is 0 Å². The fraction of sp³-hybridized carbons (Fsp3) is 0.174. The van der Waals surface area contributed by atoms with Crippen LogP contribution in [0.3, 0.4) is 0 Å². The summed E-state index contributed by atoms with van der Waals surface area (Å²) in [6.45, 7) is 0.764. The average molecular weight is 460 g/mol. The first-order valence-corrected chi connectivity index (χ1v) is 11.3. The van der Waals surface area contributed by atoms with E-state index in [9.17, 15) is 26.4 Å². The van der Waals surface area contributed by atoms with E-state index in [0.717, 1.165) is 16.7 Å². The molecular formula is C23H19F3N2O3S. The highest BCUT2D eigenvalue weighted by molar-refractivity contribution is 7.93. The Morgan fingerprint density at radius 2 is 1.59 bits per heavy atom. The lowest BCUT2D eigenvalue weighted by Gasteiger charge is -2.30. The topological polar surface area (TPSA) is 66.5 Å². The number of rotatable bonds is 5. The third kappa shape index (κ3) is 4.34. The van der Waals surface area contributed by atoms with E-state index < -0.39 is 15.5 Å². The minimum Gasteiger partial charge on any atom is -0.334 e. The van der Waals surface area contributed by atoms with E-state index in [4.69, 9.17) is 0 Å². The number of benzene rings is 3. The summed E-state index contributed by atoms with van der Waals surface area (Å²) in [6.07, 6.45) is 0.686. The van der Waals surface area contributed by atoms with Crippen molar-refractivity contribution in [3.63, 3.8) is 0 Å². The van der Waals surface area contributed by atoms with Gasteiger partial charge in [0.05, 0.1) is 5.56 Å². The van der Waals surface area contributed by atoms with Crippen molar-refractivity contribution in [3.8, 4) is 11.1 Å². The zero-order chi connectivity index (χ0) is 22.9. The Balaban J connectivity index is 1.54. The molecule has 9 heteroatoms. The first-order chi connectivity index (χ1) is 15.2. The number of carbonyl (C=O) groups excluding carboxylic acids is 1. The molecule has 32 heavy (non-hydrogen) atoms. The van der Waals surface area contributed by atoms with Gasteiger partial charge < -0.3 is 4.90 Å². The van der Waals surface area contributed by atoms with Crippen LogP contribution in [-0.4, -0.2) is 31.3 Å². The monoisotopic (exact) mass is 460 g/mol. The number of nitrogens with one attached hydrogen (secondary N) is 1. The summed E-state index contributed by atoms with van der Waals surface area (Å²) in [5, 5.41) is 0. The van der Waals surface area contributed by atoms with Crippen LogP contribution in [0.1, 0.15) is 21.5 Å². The van der Waals surface area contributed by atoms with Gasteiger partial charge in [0.15, 0.2) is 0 Å². The zero-order valence-corrected chi connectivity index (χ0v) is 17.6. The molecule has 0 bridgehead atoms. The van der Waals surface area contributed by atoms with E-state index >= 15 is 0 Å². The van der Waals surface area contributed by atoms with Gasteiger partial charge in [0.1, 0.15) is 0 Å². The van der Waals surface area contributed by atoms with Crippen molar-refractivity contribution < 1.29 is 26.4 Å². The maximum atomic E-state index is 13.3. The number of anilines is 1. The van der Waals surface area contributed by atoms with Crippen LogP contribution >= 0.6 is 0 Å². The molecule has 166 valence electrons. The number of amides is 1. The number of hydrogen-bond donors (Lipinski definition) is 1. The molecule has 0 radical (unpaired) electrons. The smallest absolute Gasteiger partial charge is 0.334 e. The van der Waals surface area contributed by atoms with E-state index in [1.165, 1.54) is 29.0 Å². The van der Waals surface area contributed by atoms with Crippen LogP contribution in [0.4, 0.5) is 18.9 Å². The molecule has 5 nitrogen and oxygen atoms in total. The Hall–Kier alpha value is -3.33. The van der Waals surface area contributed by atoms with Gasteiger partial charge in [-0.1, -0.05) is 60.7 Å². The summed E-state index contributed by atoms with van der Waals surface area (Å²) in [5.74, 6) is -0.118. The normalized spacial score (nSPS) is 14.2. The first-order valence-electron chi connectivity index (χ1n) is 9.80. The number of carbonyl (C=O) groups is 1. The van der Waals surface area contributed by atoms with Crippen molar-refractivity contribution in [2.45, 2.75) is 18.5 Å². The zero-order valence-electron chi connectivity index (χ0n) is 16.8. The molecule has 1 heterocycles. The second kappa shape index (κ2) is 8.31. The molecule has 1 amide bonds. The third-order valence-electron chi connectivity index (χ3n) is 5.27. The molecule has 1 aliphatic rings. The number of fused-ring (bicyclic) bond motifs is 1. The van der Waals surface area contributed by atoms with Crippen LogP contribution in [0.15, 0.2) is 72.8 Å². The van der Waals surface area contributed by atoms with Crippen molar-refractivity contribution in [3.05, 3.63) is 89.5 Å². The van der Waals surface area contributed by atoms with Crippen LogP contribution in [-0.2, 0) is 23.0 Å². The van der Waals surface area contributed by atoms with Gasteiger partial charge in [0.2, 0.25) is 0 Å². The molecule has 3 aromatic rings. The lowest BCUT2D eigenvalue weighted by atomic mass is 9.90. The second-order valence-corrected chi connectivity index (χ2v) is 9.10. The van der Waals surface area contributed by atoms with Gasteiger partial charge in [0.25, 0.3) is 5.91 Å². The SMILES string of the molecule is O=C1c2c(cccc2-c2ccccc2)CCN1Cc1ccc(NS(=O)(=O)C(F)(F)F)cc1. The molecule has 0 saturated carbocycles. The number of hydrogen-bond acceptors (Lipinski definition) is 3. The largest absolute Gasteiger partial charge is 0.516 e. The molecule has 0 aromatic heterocycles. The van der Waals surface area contributed by atoms with Gasteiger partial charge in [-0.25, -0.2) is 0 Å². The van der Waals surface area contributed by atoms with Gasteiger partial charge in [-0.3, -0.25) is 9.52 Å². The maximum Gasteiger partial charge on any atom is 0.516 e. The Morgan fingerprint density at radius 1 is 0.906 bits per heavy atom. The molecule has 0 aliphatic carbocycles. The quantitative estimate of drug-likeness (QED) is 0.594. The highest BCUT2D eigenvalue weighted by Crippen LogP contribution is 2.31. The van der Waals surface area contributed by atoms with Crippen molar-refractivity contribution in [1.29, 1.82) is 0 Å². The fourth-order valence-corrected chi connectivity index (χ4v) is 4.26. The summed E-state index contributed by atoms with van der Waals surface area (Å²) in [4.78, 5) is 15.0. The number of halogens is 3. The van der Waals surface area contributed by atoms with Gasteiger partial charge >= 0.3 is 15.5 Å². The Kier molecular flexibility index (Phi) is 5.68. The molecule has 0 saturated heterocycles. The van der Waals surface area contributed by atoms with Crippen molar-refractivity contribution in [2.75, 3.05) is 11.3 Å². The summed E-state index contributed by atoms with van der Waals surface area (Å²) < 4.78 is 61.6. The van der Waals surface area contributed by atoms with Crippen LogP contribution in [0.25, 0.3) is 11.1 Å². The van der Waals surface area contributed by atoms with Gasteiger partial charge in [-0.05, 0) is 40.8 Å². The molecule has 0 unspecified atom stereocenters. The van der Waals surface area contributed by atoms with E-state index in [1.807, 2.05) is 48.5 Å². The highest BCUT2D eigenvalue weighted by Gasteiger charge is 2.46. The lowest BCUT2D eigenvalue weighted by Crippen LogP contribution is -2.37. The summed E-state index contributed by atoms with van der Waals surface area (Å²) in [5.41, 5.74) is -1.49. The Bertz CT molecular complexity index is 1240. The highest BCUT2D eigenvalue weighted by atomic mass is 32.2. The summed E-state index contributed by atoms with van der Waals surface area (Å²) >= 11 is 0. The van der Waals surface area contributed by atoms with E-state index in [-0.39, 0.29) is 18.1 Å². The van der Waals surface area contributed by atoms with Crippen molar-refractivity contribution >= 4 is 21.6 Å². The van der Waals surface area contributed by atoms with Crippen LogP contribution in [0, 0.1) is 0 Å². The standard InChI is InChI=1S/C23H19F3N2O3S/c24-23(25,26)32(30,31)27-19-11-9-16(10-12-19)15-28-14-13-18-7-4-8-20(21(18)22(28)29)17-5-2-1-3-6-17/h1-12,27H,13-15H2. The molecule has 4 rings (SSSR count). The van der Waals surface area contributed by atoms with Gasteiger partial charge in [0, 0.05) is 18.8 Å². The Labute approximate surface area is 183 Å². The average Bonchev–Trinajstić information content (AvgIpc) is 2.76. The first kappa shape index (κ1) is 21.9. The molecule has 3 aromatic carbocycles. The van der Waals surface area contributed by atoms with Crippen LogP contribution < -0.4 is 4.72 Å². The summed E-state index contributed by atoms with van der Waals surface area (Å²) in [6, 6.07) is 20.9. The third-order valence-corrected chi connectivity index (χ3v) is 6.39. The van der Waals surface area contributed by atoms with Crippen molar-refractivity contribution in [2.24, 2.45) is 0 Å². The predicted molar refractivity (Wildman–Crippen MR) is 115 cm³/mol. The second-order valence-electron chi connectivity index (χ2n) is 7.43. The van der Waals surface area contributed by atoms with E-state index in [0.29, 0.717) is 24.1 Å². The van der Waals surface area contributed by atoms with E-state index in [2.05, 4.69) is 0 Å². The summed E-state index contributed by atoms with van der Waals surface area (Å²) in [7, 11) is -5.48. The number of sulfonamides is 1. The molecule has 0 fully saturated rings. The fourth-order valence-electron chi connectivity index (χ4n) is 3.70. The molecule has 0 spiro atoms. The molecule has 1 N–H and O–H groups in total. The van der Waals surface area contributed by atoms with Crippen LogP contribution in [0.2, 0.25) is 0 Å². The van der Waals surface area contributed by atoms with E-state index in [1.54, 1.807) is 4.90 Å². The molecule has 0 atom stereocenters. The Morgan fingerprint density at radius 3 is 2.25 bits per heavy atom. The minimum atomic E-state index is -5.48. The maximum absolute atomic E-state index is 13.3. The van der Waals surface area contributed by atoms with Crippen molar-refractivity contribution in [1.82, 2.24) is 4.90 Å². The van der Waals surface area contributed by atoms with Gasteiger partial charge in [-0.15, -0.1) is 0 Å². The number of nitrogens with zero attached hydrogens (tertiary/aromatic N) is 1. The van der Waals surface area contributed by atoms with Gasteiger partial charge in [-0.2, -0.15) is 21.6 Å². The number of alkyl halides is 3. The molecule has 1 aliphatic heterocycles. The predicted octanol–water partition coefficient (Wildman–Crippen LogP) is 4.81. The lowest BCUT2D eigenvalue weighted by molar-refractivity contribution is -0.0429. The molecular weight excluding hydrogens is 441 g/mol. The minimum absolute atomic E-state index is 0.118.